The van der Waals surface area contributed by atoms with Gasteiger partial charge in [0.15, 0.2) is 10.5 Å². The van der Waals surface area contributed by atoms with Crippen molar-refractivity contribution in [3.05, 3.63) is 77.4 Å². The predicted octanol–water partition coefficient (Wildman–Crippen LogP) is 4.88. The standard InChI is InChI=1S/C26H28F3N5O2S/c1-4-23-24(34-15-17(2)32-18(3)25(34)33-23)20-7-5-19(6-8-20)13-14-30-16-31-37(35)22-11-9-21(10-12-22)36-26(27,28)29/h5-12,15,30-31H,4,13-14,16H2,1-3H3. The molecule has 11 heteroatoms. The molecule has 1 unspecified atom stereocenters. The van der Waals surface area contributed by atoms with Crippen LogP contribution in [0, 0.1) is 13.8 Å². The van der Waals surface area contributed by atoms with Crippen LogP contribution in [0.5, 0.6) is 5.75 Å². The molecular formula is C26H28F3N5O2S. The molecule has 0 aliphatic rings. The maximum absolute atomic E-state index is 12.3. The Labute approximate surface area is 216 Å². The van der Waals surface area contributed by atoms with Crippen LogP contribution in [0.15, 0.2) is 59.6 Å². The van der Waals surface area contributed by atoms with Gasteiger partial charge in [-0.05, 0) is 56.5 Å². The average molecular weight is 532 g/mol. The molecule has 0 fully saturated rings. The second-order valence-corrected chi connectivity index (χ2v) is 9.78. The third-order valence-corrected chi connectivity index (χ3v) is 6.83. The van der Waals surface area contributed by atoms with Crippen LogP contribution in [0.1, 0.15) is 29.6 Å². The van der Waals surface area contributed by atoms with Crippen LogP contribution in [-0.4, -0.2) is 38.5 Å². The highest BCUT2D eigenvalue weighted by Crippen LogP contribution is 2.27. The molecule has 2 N–H and O–H groups in total. The van der Waals surface area contributed by atoms with E-state index < -0.39 is 17.7 Å². The maximum atomic E-state index is 12.3. The van der Waals surface area contributed by atoms with Gasteiger partial charge >= 0.3 is 6.36 Å². The van der Waals surface area contributed by atoms with Crippen molar-refractivity contribution in [2.24, 2.45) is 0 Å². The van der Waals surface area contributed by atoms with E-state index in [0.717, 1.165) is 64.5 Å². The van der Waals surface area contributed by atoms with E-state index in [-0.39, 0.29) is 12.4 Å². The molecule has 0 spiro atoms. The highest BCUT2D eigenvalue weighted by atomic mass is 32.2. The summed E-state index contributed by atoms with van der Waals surface area (Å²) < 4.78 is 57.8. The number of aryl methyl sites for hydroxylation is 3. The van der Waals surface area contributed by atoms with Crippen LogP contribution in [-0.2, 0) is 24.2 Å². The smallest absolute Gasteiger partial charge is 0.573 e. The summed E-state index contributed by atoms with van der Waals surface area (Å²) >= 11 is -1.56. The number of halogens is 3. The van der Waals surface area contributed by atoms with Crippen LogP contribution in [0.4, 0.5) is 13.2 Å². The number of hydrogen-bond donors (Lipinski definition) is 2. The van der Waals surface area contributed by atoms with Crippen molar-refractivity contribution in [3.63, 3.8) is 0 Å². The summed E-state index contributed by atoms with van der Waals surface area (Å²) in [5.41, 5.74) is 7.09. The van der Waals surface area contributed by atoms with Gasteiger partial charge in [-0.2, -0.15) is 0 Å². The number of fused-ring (bicyclic) bond motifs is 1. The van der Waals surface area contributed by atoms with Gasteiger partial charge in [0, 0.05) is 18.3 Å². The molecule has 0 saturated heterocycles. The Kier molecular flexibility index (Phi) is 8.38. The highest BCUT2D eigenvalue weighted by Gasteiger charge is 2.31. The van der Waals surface area contributed by atoms with Gasteiger partial charge in [-0.1, -0.05) is 31.2 Å². The largest absolute Gasteiger partial charge is 0.593 e. The Morgan fingerprint density at radius 2 is 1.73 bits per heavy atom. The molecule has 0 amide bonds. The molecule has 2 aromatic carbocycles. The summed E-state index contributed by atoms with van der Waals surface area (Å²) in [7, 11) is 0. The minimum absolute atomic E-state index is 0.278. The molecule has 2 aromatic heterocycles. The molecule has 0 aliphatic heterocycles. The van der Waals surface area contributed by atoms with Crippen molar-refractivity contribution in [2.45, 2.75) is 44.9 Å². The molecule has 0 aliphatic carbocycles. The van der Waals surface area contributed by atoms with Gasteiger partial charge in [-0.25, -0.2) is 4.98 Å². The van der Waals surface area contributed by atoms with E-state index in [9.17, 15) is 17.7 Å². The summed E-state index contributed by atoms with van der Waals surface area (Å²) in [6.45, 7) is 6.98. The summed E-state index contributed by atoms with van der Waals surface area (Å²) in [6.07, 6.45) is -1.15. The number of nitrogens with one attached hydrogen (secondary N) is 2. The first-order valence-corrected chi connectivity index (χ1v) is 13.0. The minimum Gasteiger partial charge on any atom is -0.593 e. The zero-order chi connectivity index (χ0) is 26.6. The van der Waals surface area contributed by atoms with Crippen molar-refractivity contribution >= 4 is 17.0 Å². The third kappa shape index (κ3) is 6.80. The lowest BCUT2D eigenvalue weighted by atomic mass is 10.0. The maximum Gasteiger partial charge on any atom is 0.573 e. The minimum atomic E-state index is -4.76. The Bertz CT molecular complexity index is 1340. The molecule has 196 valence electrons. The number of ether oxygens (including phenoxy) is 1. The molecule has 2 heterocycles. The van der Waals surface area contributed by atoms with Gasteiger partial charge in [0.05, 0.1) is 40.8 Å². The first-order chi connectivity index (χ1) is 17.6. The molecule has 37 heavy (non-hydrogen) atoms. The van der Waals surface area contributed by atoms with Crippen LogP contribution in [0.25, 0.3) is 16.9 Å². The Hall–Kier alpha value is -3.12. The van der Waals surface area contributed by atoms with E-state index in [1.807, 2.05) is 20.0 Å². The predicted molar refractivity (Wildman–Crippen MR) is 137 cm³/mol. The van der Waals surface area contributed by atoms with Crippen molar-refractivity contribution in [2.75, 3.05) is 13.2 Å². The van der Waals surface area contributed by atoms with Crippen molar-refractivity contribution in [1.29, 1.82) is 0 Å². The quantitative estimate of drug-likeness (QED) is 0.172. The van der Waals surface area contributed by atoms with Crippen LogP contribution >= 0.6 is 0 Å². The summed E-state index contributed by atoms with van der Waals surface area (Å²) in [5, 5.41) is 3.18. The number of aromatic nitrogens is 3. The topological polar surface area (TPSA) is 86.5 Å². The lowest BCUT2D eigenvalue weighted by Gasteiger charge is -2.13. The van der Waals surface area contributed by atoms with E-state index in [4.69, 9.17) is 4.98 Å². The number of benzene rings is 2. The van der Waals surface area contributed by atoms with Crippen LogP contribution < -0.4 is 14.8 Å². The fourth-order valence-electron chi connectivity index (χ4n) is 4.06. The SMILES string of the molecule is CCc1nc2c(C)nc(C)cn2c1-c1ccc(CCNCN[S+]([O-])c2ccc(OC(F)(F)F)cc2)cc1. The Balaban J connectivity index is 1.29. The first kappa shape index (κ1) is 26.9. The van der Waals surface area contributed by atoms with Crippen molar-refractivity contribution < 1.29 is 22.5 Å². The normalized spacial score (nSPS) is 12.7. The molecule has 0 saturated carbocycles. The number of imidazole rings is 1. The summed E-state index contributed by atoms with van der Waals surface area (Å²) in [6, 6.07) is 13.3. The van der Waals surface area contributed by atoms with E-state index in [0.29, 0.717) is 11.4 Å². The molecule has 4 aromatic rings. The second-order valence-electron chi connectivity index (χ2n) is 8.48. The van der Waals surface area contributed by atoms with E-state index in [1.165, 1.54) is 12.1 Å². The molecule has 0 radical (unpaired) electrons. The lowest BCUT2D eigenvalue weighted by molar-refractivity contribution is -0.274. The zero-order valence-electron chi connectivity index (χ0n) is 20.7. The summed E-state index contributed by atoms with van der Waals surface area (Å²) in [4.78, 5) is 9.69. The zero-order valence-corrected chi connectivity index (χ0v) is 21.5. The van der Waals surface area contributed by atoms with Crippen LogP contribution in [0.2, 0.25) is 0 Å². The fourth-order valence-corrected chi connectivity index (χ4v) is 4.84. The van der Waals surface area contributed by atoms with Gasteiger partial charge in [-0.15, -0.1) is 17.9 Å². The summed E-state index contributed by atoms with van der Waals surface area (Å²) in [5.74, 6) is -0.355. The molecule has 0 bridgehead atoms. The fraction of sp³-hybridized carbons (Fsp3) is 0.308. The van der Waals surface area contributed by atoms with Crippen molar-refractivity contribution in [3.8, 4) is 17.0 Å². The molecule has 4 rings (SSSR count). The molecule has 1 atom stereocenters. The lowest BCUT2D eigenvalue weighted by Crippen LogP contribution is -2.34. The number of alkyl halides is 3. The molecular weight excluding hydrogens is 503 g/mol. The number of rotatable bonds is 10. The molecule has 7 nitrogen and oxygen atoms in total. The van der Waals surface area contributed by atoms with Gasteiger partial charge in [0.1, 0.15) is 5.75 Å². The third-order valence-electron chi connectivity index (χ3n) is 5.72. The Morgan fingerprint density at radius 1 is 1.03 bits per heavy atom. The second kappa shape index (κ2) is 11.5. The number of nitrogens with zero attached hydrogens (tertiary/aromatic N) is 3. The van der Waals surface area contributed by atoms with Gasteiger partial charge in [-0.3, -0.25) is 9.38 Å². The Morgan fingerprint density at radius 3 is 2.38 bits per heavy atom. The first-order valence-electron chi connectivity index (χ1n) is 11.8. The monoisotopic (exact) mass is 531 g/mol. The van der Waals surface area contributed by atoms with E-state index in [2.05, 4.69) is 55.3 Å². The van der Waals surface area contributed by atoms with Gasteiger partial charge in [0.25, 0.3) is 0 Å². The van der Waals surface area contributed by atoms with Gasteiger partial charge in [0.2, 0.25) is 0 Å². The average Bonchev–Trinajstić information content (AvgIpc) is 3.22. The number of hydrogen-bond acceptors (Lipinski definition) is 6. The van der Waals surface area contributed by atoms with E-state index >= 15 is 0 Å². The van der Waals surface area contributed by atoms with Crippen LogP contribution in [0.3, 0.4) is 0 Å². The van der Waals surface area contributed by atoms with E-state index in [1.54, 1.807) is 0 Å². The van der Waals surface area contributed by atoms with Gasteiger partial charge < -0.3 is 14.6 Å². The highest BCUT2D eigenvalue weighted by molar-refractivity contribution is 7.89. The van der Waals surface area contributed by atoms with Crippen molar-refractivity contribution in [1.82, 2.24) is 24.4 Å².